The molecule has 2 aromatic carbocycles. The first-order chi connectivity index (χ1) is 14.7. The zero-order chi connectivity index (χ0) is 22.6. The third kappa shape index (κ3) is 4.95. The van der Waals surface area contributed by atoms with Gasteiger partial charge < -0.3 is 16.0 Å². The zero-order valence-electron chi connectivity index (χ0n) is 18.1. The Kier molecular flexibility index (Phi) is 6.45. The number of H-pyrrole nitrogens is 1. The summed E-state index contributed by atoms with van der Waals surface area (Å²) in [7, 11) is 1.69. The molecule has 4 N–H and O–H groups in total. The van der Waals surface area contributed by atoms with Gasteiger partial charge in [0, 0.05) is 18.3 Å². The van der Waals surface area contributed by atoms with E-state index in [1.165, 1.54) is 4.90 Å². The summed E-state index contributed by atoms with van der Waals surface area (Å²) in [6.45, 7) is 5.06. The Balaban J connectivity index is 1.80. The Bertz CT molecular complexity index is 1040. The second kappa shape index (κ2) is 9.05. The highest BCUT2D eigenvalue weighted by Crippen LogP contribution is 2.30. The number of benzene rings is 2. The Morgan fingerprint density at radius 1 is 1.13 bits per heavy atom. The maximum Gasteiger partial charge on any atom is 0.249 e. The van der Waals surface area contributed by atoms with Crippen LogP contribution in [0.25, 0.3) is 22.5 Å². The Labute approximate surface area is 181 Å². The zero-order valence-corrected chi connectivity index (χ0v) is 18.1. The molecule has 0 unspecified atom stereocenters. The number of nitrogens with one attached hydrogen (secondary N) is 2. The smallest absolute Gasteiger partial charge is 0.249 e. The minimum atomic E-state index is -1.06. The van der Waals surface area contributed by atoms with Gasteiger partial charge in [0.15, 0.2) is 0 Å². The second-order valence-corrected chi connectivity index (χ2v) is 7.88. The van der Waals surface area contributed by atoms with Crippen LogP contribution in [0.15, 0.2) is 48.5 Å². The summed E-state index contributed by atoms with van der Waals surface area (Å²) in [5, 5.41) is 17.0. The maximum atomic E-state index is 12.9. The predicted molar refractivity (Wildman–Crippen MR) is 119 cm³/mol. The average molecular weight is 422 g/mol. The number of hydrogen-bond acceptors (Lipinski definition) is 6. The largest absolute Gasteiger partial charge is 0.343 e. The highest BCUT2D eigenvalue weighted by molar-refractivity contribution is 6.00. The van der Waals surface area contributed by atoms with Crippen LogP contribution in [0.3, 0.4) is 0 Å². The average Bonchev–Trinajstić information content (AvgIpc) is 3.30. The van der Waals surface area contributed by atoms with Crippen LogP contribution in [0.2, 0.25) is 0 Å². The molecule has 1 heterocycles. The number of likely N-dealkylation sites (N-methyl/N-ethyl adjacent to an activating group) is 1. The van der Waals surface area contributed by atoms with Crippen molar-refractivity contribution in [3.05, 3.63) is 48.5 Å². The number of carbonyl (C=O) groups excluding carboxylic acids is 2. The number of hydrogen-bond donors (Lipinski definition) is 3. The first-order valence-electron chi connectivity index (χ1n) is 10.0. The lowest BCUT2D eigenvalue weighted by Gasteiger charge is -2.27. The van der Waals surface area contributed by atoms with Crippen molar-refractivity contribution in [3.8, 4) is 22.5 Å². The van der Waals surface area contributed by atoms with E-state index in [1.807, 2.05) is 55.5 Å². The van der Waals surface area contributed by atoms with Crippen molar-refractivity contribution in [1.29, 1.82) is 0 Å². The molecule has 0 radical (unpaired) electrons. The lowest BCUT2D eigenvalue weighted by Crippen LogP contribution is -2.55. The molecule has 31 heavy (non-hydrogen) atoms. The van der Waals surface area contributed by atoms with Gasteiger partial charge in [0.25, 0.3) is 0 Å². The summed E-state index contributed by atoms with van der Waals surface area (Å²) in [5.41, 5.74) is 8.25. The molecule has 3 rings (SSSR count). The van der Waals surface area contributed by atoms with Gasteiger partial charge >= 0.3 is 0 Å². The number of amides is 2. The summed E-state index contributed by atoms with van der Waals surface area (Å²) in [4.78, 5) is 26.7. The molecule has 0 bridgehead atoms. The van der Waals surface area contributed by atoms with E-state index in [0.29, 0.717) is 17.9 Å². The van der Waals surface area contributed by atoms with Crippen LogP contribution in [0.4, 0.5) is 5.69 Å². The molecule has 0 spiro atoms. The minimum Gasteiger partial charge on any atom is -0.343 e. The molecule has 0 fully saturated rings. The van der Waals surface area contributed by atoms with Gasteiger partial charge in [0.05, 0.1) is 5.54 Å². The van der Waals surface area contributed by atoms with Gasteiger partial charge in [-0.2, -0.15) is 5.21 Å². The standard InChI is InChI=1S/C22H27N7O2/c1-5-18(24-21(31)22(2,3)23)20(30)29(4)15-12-10-14(11-13-15)16-8-6-7-9-17(16)19-25-27-28-26-19/h6-13,18H,5,23H2,1-4H3,(H,24,31)(H,25,26,27,28)/t18-/m1/s1. The Morgan fingerprint density at radius 2 is 1.77 bits per heavy atom. The monoisotopic (exact) mass is 421 g/mol. The fourth-order valence-electron chi connectivity index (χ4n) is 3.11. The number of carbonyl (C=O) groups is 2. The summed E-state index contributed by atoms with van der Waals surface area (Å²) < 4.78 is 0. The van der Waals surface area contributed by atoms with Gasteiger partial charge in [-0.05, 0) is 48.7 Å². The van der Waals surface area contributed by atoms with E-state index in [0.717, 1.165) is 16.7 Å². The molecular formula is C22H27N7O2. The van der Waals surface area contributed by atoms with E-state index in [9.17, 15) is 9.59 Å². The topological polar surface area (TPSA) is 130 Å². The SMILES string of the molecule is CC[C@@H](NC(=O)C(C)(C)N)C(=O)N(C)c1ccc(-c2ccccc2-c2nn[nH]n2)cc1. The number of tetrazole rings is 1. The molecule has 0 saturated carbocycles. The highest BCUT2D eigenvalue weighted by Gasteiger charge is 2.29. The second-order valence-electron chi connectivity index (χ2n) is 7.88. The van der Waals surface area contributed by atoms with E-state index in [4.69, 9.17) is 5.73 Å². The Morgan fingerprint density at radius 3 is 2.32 bits per heavy atom. The number of aromatic nitrogens is 4. The molecule has 162 valence electrons. The molecule has 0 aliphatic carbocycles. The summed E-state index contributed by atoms with van der Waals surface area (Å²) in [6, 6.07) is 14.7. The number of rotatable bonds is 7. The van der Waals surface area contributed by atoms with E-state index in [1.54, 1.807) is 20.9 Å². The summed E-state index contributed by atoms with van der Waals surface area (Å²) in [5.74, 6) is -0.0640. The van der Waals surface area contributed by atoms with Crippen LogP contribution in [0, 0.1) is 0 Å². The number of aromatic amines is 1. The van der Waals surface area contributed by atoms with Gasteiger partial charge in [-0.15, -0.1) is 10.2 Å². The molecule has 0 aliphatic heterocycles. The number of nitrogens with zero attached hydrogens (tertiary/aromatic N) is 4. The molecule has 9 heteroatoms. The van der Waals surface area contributed by atoms with Crippen LogP contribution in [0.1, 0.15) is 27.2 Å². The van der Waals surface area contributed by atoms with Crippen molar-refractivity contribution in [1.82, 2.24) is 25.9 Å². The molecule has 0 saturated heterocycles. The quantitative estimate of drug-likeness (QED) is 0.536. The van der Waals surface area contributed by atoms with Crippen molar-refractivity contribution >= 4 is 17.5 Å². The van der Waals surface area contributed by atoms with Crippen molar-refractivity contribution in [2.45, 2.75) is 38.8 Å². The van der Waals surface area contributed by atoms with Crippen LogP contribution in [-0.4, -0.2) is 51.1 Å². The van der Waals surface area contributed by atoms with Crippen molar-refractivity contribution < 1.29 is 9.59 Å². The van der Waals surface area contributed by atoms with Crippen molar-refractivity contribution in [2.24, 2.45) is 5.73 Å². The van der Waals surface area contributed by atoms with E-state index in [2.05, 4.69) is 25.9 Å². The third-order valence-electron chi connectivity index (χ3n) is 5.01. The van der Waals surface area contributed by atoms with E-state index in [-0.39, 0.29) is 11.8 Å². The third-order valence-corrected chi connectivity index (χ3v) is 5.01. The van der Waals surface area contributed by atoms with Gasteiger partial charge in [0.1, 0.15) is 6.04 Å². The molecular weight excluding hydrogens is 394 g/mol. The molecule has 1 aromatic heterocycles. The molecule has 9 nitrogen and oxygen atoms in total. The lowest BCUT2D eigenvalue weighted by molar-refractivity contribution is -0.130. The fraction of sp³-hybridized carbons (Fsp3) is 0.318. The summed E-state index contributed by atoms with van der Waals surface area (Å²) in [6.07, 6.45) is 0.459. The first kappa shape index (κ1) is 22.1. The van der Waals surface area contributed by atoms with Crippen LogP contribution >= 0.6 is 0 Å². The van der Waals surface area contributed by atoms with E-state index >= 15 is 0 Å². The van der Waals surface area contributed by atoms with Gasteiger partial charge in [-0.3, -0.25) is 9.59 Å². The lowest BCUT2D eigenvalue weighted by atomic mass is 9.99. The Hall–Kier alpha value is -3.59. The van der Waals surface area contributed by atoms with Gasteiger partial charge in [-0.25, -0.2) is 0 Å². The number of anilines is 1. The van der Waals surface area contributed by atoms with Crippen molar-refractivity contribution in [3.63, 3.8) is 0 Å². The van der Waals surface area contributed by atoms with E-state index < -0.39 is 11.6 Å². The molecule has 2 amide bonds. The van der Waals surface area contributed by atoms with Crippen molar-refractivity contribution in [2.75, 3.05) is 11.9 Å². The van der Waals surface area contributed by atoms with Crippen LogP contribution in [-0.2, 0) is 9.59 Å². The minimum absolute atomic E-state index is 0.208. The number of nitrogens with two attached hydrogens (primary N) is 1. The van der Waals surface area contributed by atoms with Crippen LogP contribution in [0.5, 0.6) is 0 Å². The summed E-state index contributed by atoms with van der Waals surface area (Å²) >= 11 is 0. The van der Waals surface area contributed by atoms with Gasteiger partial charge in [-0.1, -0.05) is 43.3 Å². The first-order valence-corrected chi connectivity index (χ1v) is 10.0. The predicted octanol–water partition coefficient (Wildman–Crippen LogP) is 2.13. The normalized spacial score (nSPS) is 12.3. The van der Waals surface area contributed by atoms with Gasteiger partial charge in [0.2, 0.25) is 17.6 Å². The van der Waals surface area contributed by atoms with Crippen LogP contribution < -0.4 is 16.0 Å². The molecule has 3 aromatic rings. The maximum absolute atomic E-state index is 12.9. The fourth-order valence-corrected chi connectivity index (χ4v) is 3.11. The molecule has 1 atom stereocenters. The molecule has 0 aliphatic rings. The highest BCUT2D eigenvalue weighted by atomic mass is 16.2.